The summed E-state index contributed by atoms with van der Waals surface area (Å²) in [6.45, 7) is 8.88. The summed E-state index contributed by atoms with van der Waals surface area (Å²) in [6, 6.07) is 0. The second kappa shape index (κ2) is 8.23. The Morgan fingerprint density at radius 1 is 1.35 bits per heavy atom. The molecular weight excluding hydrogens is 214 g/mol. The van der Waals surface area contributed by atoms with E-state index in [4.69, 9.17) is 4.74 Å². The number of unbranched alkanes of at least 4 members (excludes halogenated alkanes) is 1. The lowest BCUT2D eigenvalue weighted by Gasteiger charge is -2.09. The van der Waals surface area contributed by atoms with Gasteiger partial charge in [0.15, 0.2) is 0 Å². The quantitative estimate of drug-likeness (QED) is 0.622. The van der Waals surface area contributed by atoms with Gasteiger partial charge in [0.2, 0.25) is 0 Å². The summed E-state index contributed by atoms with van der Waals surface area (Å²) in [5.74, 6) is 0.841. The molecule has 0 radical (unpaired) electrons. The molecule has 0 saturated heterocycles. The van der Waals surface area contributed by atoms with Gasteiger partial charge < -0.3 is 4.74 Å². The minimum Gasteiger partial charge on any atom is -0.375 e. The fraction of sp³-hybridized carbons (Fsp3) is 0.846. The van der Waals surface area contributed by atoms with Gasteiger partial charge in [-0.25, -0.2) is 4.68 Å². The highest BCUT2D eigenvalue weighted by atomic mass is 16.5. The first-order valence-electron chi connectivity index (χ1n) is 6.73. The van der Waals surface area contributed by atoms with Crippen LogP contribution in [-0.2, 0) is 17.9 Å². The third kappa shape index (κ3) is 5.31. The number of hydrogen-bond acceptors (Lipinski definition) is 3. The summed E-state index contributed by atoms with van der Waals surface area (Å²) >= 11 is 0. The lowest BCUT2D eigenvalue weighted by atomic mass is 10.0. The van der Waals surface area contributed by atoms with Crippen molar-refractivity contribution in [2.75, 3.05) is 6.61 Å². The van der Waals surface area contributed by atoms with Crippen LogP contribution in [0.25, 0.3) is 0 Å². The SMILES string of the molecule is CCOCc1cnnn1CCCCC(C)CC. The summed E-state index contributed by atoms with van der Waals surface area (Å²) in [5.41, 5.74) is 1.08. The van der Waals surface area contributed by atoms with E-state index in [9.17, 15) is 0 Å². The first-order valence-corrected chi connectivity index (χ1v) is 6.73. The minimum absolute atomic E-state index is 0.620. The maximum Gasteiger partial charge on any atom is 0.0901 e. The molecule has 1 aromatic rings. The van der Waals surface area contributed by atoms with E-state index in [-0.39, 0.29) is 0 Å². The van der Waals surface area contributed by atoms with Crippen LogP contribution in [0, 0.1) is 5.92 Å². The number of nitrogens with zero attached hydrogens (tertiary/aromatic N) is 3. The van der Waals surface area contributed by atoms with Crippen molar-refractivity contribution in [3.63, 3.8) is 0 Å². The van der Waals surface area contributed by atoms with E-state index in [1.165, 1.54) is 25.7 Å². The van der Waals surface area contributed by atoms with Crippen LogP contribution >= 0.6 is 0 Å². The standard InChI is InChI=1S/C13H25N3O/c1-4-12(3)8-6-7-9-16-13(10-14-15-16)11-17-5-2/h10,12H,4-9,11H2,1-3H3. The van der Waals surface area contributed by atoms with Crippen LogP contribution in [-0.4, -0.2) is 21.6 Å². The van der Waals surface area contributed by atoms with Gasteiger partial charge >= 0.3 is 0 Å². The highest BCUT2D eigenvalue weighted by molar-refractivity contribution is 4.91. The normalized spacial score (nSPS) is 12.9. The van der Waals surface area contributed by atoms with Gasteiger partial charge in [0.05, 0.1) is 18.5 Å². The minimum atomic E-state index is 0.620. The average molecular weight is 239 g/mol. The van der Waals surface area contributed by atoms with E-state index in [1.54, 1.807) is 6.20 Å². The Bertz CT molecular complexity index is 299. The Kier molecular flexibility index (Phi) is 6.86. The van der Waals surface area contributed by atoms with Crippen molar-refractivity contribution in [1.29, 1.82) is 0 Å². The van der Waals surface area contributed by atoms with E-state index in [0.29, 0.717) is 6.61 Å². The summed E-state index contributed by atoms with van der Waals surface area (Å²) in [7, 11) is 0. The number of aromatic nitrogens is 3. The van der Waals surface area contributed by atoms with Crippen molar-refractivity contribution >= 4 is 0 Å². The van der Waals surface area contributed by atoms with Gasteiger partial charge in [-0.3, -0.25) is 0 Å². The van der Waals surface area contributed by atoms with Crippen molar-refractivity contribution in [1.82, 2.24) is 15.0 Å². The molecule has 0 N–H and O–H groups in total. The molecule has 0 aliphatic rings. The molecule has 0 amide bonds. The van der Waals surface area contributed by atoms with Gasteiger partial charge in [0, 0.05) is 13.2 Å². The zero-order valence-corrected chi connectivity index (χ0v) is 11.4. The fourth-order valence-corrected chi connectivity index (χ4v) is 1.74. The molecule has 4 heteroatoms. The largest absolute Gasteiger partial charge is 0.375 e. The lowest BCUT2D eigenvalue weighted by Crippen LogP contribution is -2.07. The first kappa shape index (κ1) is 14.2. The molecule has 1 rings (SSSR count). The Morgan fingerprint density at radius 3 is 2.88 bits per heavy atom. The van der Waals surface area contributed by atoms with E-state index in [2.05, 4.69) is 24.2 Å². The van der Waals surface area contributed by atoms with E-state index in [1.807, 2.05) is 11.6 Å². The molecule has 98 valence electrons. The maximum absolute atomic E-state index is 5.38. The van der Waals surface area contributed by atoms with Crippen molar-refractivity contribution < 1.29 is 4.74 Å². The van der Waals surface area contributed by atoms with E-state index >= 15 is 0 Å². The van der Waals surface area contributed by atoms with Crippen LogP contribution in [0.5, 0.6) is 0 Å². The predicted octanol–water partition coefficient (Wildman–Crippen LogP) is 3.03. The average Bonchev–Trinajstić information content (AvgIpc) is 2.79. The predicted molar refractivity (Wildman–Crippen MR) is 68.7 cm³/mol. The number of ether oxygens (including phenoxy) is 1. The fourth-order valence-electron chi connectivity index (χ4n) is 1.74. The second-order valence-electron chi connectivity index (χ2n) is 4.59. The Hall–Kier alpha value is -0.900. The van der Waals surface area contributed by atoms with Gasteiger partial charge in [-0.05, 0) is 19.3 Å². The maximum atomic E-state index is 5.38. The smallest absolute Gasteiger partial charge is 0.0901 e. The van der Waals surface area contributed by atoms with Crippen molar-refractivity contribution in [2.24, 2.45) is 5.92 Å². The first-order chi connectivity index (χ1) is 8.27. The summed E-state index contributed by atoms with van der Waals surface area (Å²) in [6.07, 6.45) is 6.82. The summed E-state index contributed by atoms with van der Waals surface area (Å²) in [5, 5.41) is 8.03. The van der Waals surface area contributed by atoms with Crippen LogP contribution in [0.1, 0.15) is 52.1 Å². The van der Waals surface area contributed by atoms with Gasteiger partial charge in [-0.2, -0.15) is 0 Å². The van der Waals surface area contributed by atoms with Crippen molar-refractivity contribution in [2.45, 2.75) is 59.6 Å². The zero-order chi connectivity index (χ0) is 12.5. The summed E-state index contributed by atoms with van der Waals surface area (Å²) < 4.78 is 7.34. The Labute approximate surface area is 104 Å². The number of aryl methyl sites for hydroxylation is 1. The molecule has 4 nitrogen and oxygen atoms in total. The van der Waals surface area contributed by atoms with Crippen LogP contribution in [0.15, 0.2) is 6.20 Å². The Morgan fingerprint density at radius 2 is 2.18 bits per heavy atom. The van der Waals surface area contributed by atoms with Gasteiger partial charge in [-0.1, -0.05) is 38.3 Å². The Balaban J connectivity index is 2.24. The second-order valence-corrected chi connectivity index (χ2v) is 4.59. The monoisotopic (exact) mass is 239 g/mol. The molecule has 1 atom stereocenters. The van der Waals surface area contributed by atoms with Crippen molar-refractivity contribution in [3.8, 4) is 0 Å². The van der Waals surface area contributed by atoms with Crippen LogP contribution < -0.4 is 0 Å². The third-order valence-electron chi connectivity index (χ3n) is 3.17. The highest BCUT2D eigenvalue weighted by Crippen LogP contribution is 2.12. The van der Waals surface area contributed by atoms with Crippen molar-refractivity contribution in [3.05, 3.63) is 11.9 Å². The molecule has 1 aromatic heterocycles. The van der Waals surface area contributed by atoms with E-state index in [0.717, 1.165) is 24.8 Å². The molecular formula is C13H25N3O. The lowest BCUT2D eigenvalue weighted by molar-refractivity contribution is 0.127. The van der Waals surface area contributed by atoms with Gasteiger partial charge in [-0.15, -0.1) is 5.10 Å². The number of hydrogen-bond donors (Lipinski definition) is 0. The topological polar surface area (TPSA) is 39.9 Å². The molecule has 0 spiro atoms. The van der Waals surface area contributed by atoms with Crippen LogP contribution in [0.2, 0.25) is 0 Å². The molecule has 0 aliphatic heterocycles. The van der Waals surface area contributed by atoms with Gasteiger partial charge in [0.25, 0.3) is 0 Å². The summed E-state index contributed by atoms with van der Waals surface area (Å²) in [4.78, 5) is 0. The van der Waals surface area contributed by atoms with Crippen LogP contribution in [0.4, 0.5) is 0 Å². The third-order valence-corrected chi connectivity index (χ3v) is 3.17. The zero-order valence-electron chi connectivity index (χ0n) is 11.4. The highest BCUT2D eigenvalue weighted by Gasteiger charge is 2.04. The molecule has 0 bridgehead atoms. The van der Waals surface area contributed by atoms with Crippen LogP contribution in [0.3, 0.4) is 0 Å². The van der Waals surface area contributed by atoms with Gasteiger partial charge in [0.1, 0.15) is 0 Å². The molecule has 0 aromatic carbocycles. The molecule has 0 saturated carbocycles. The molecule has 0 fully saturated rings. The number of rotatable bonds is 9. The molecule has 1 heterocycles. The van der Waals surface area contributed by atoms with E-state index < -0.39 is 0 Å². The molecule has 0 aliphatic carbocycles. The molecule has 17 heavy (non-hydrogen) atoms. The molecule has 1 unspecified atom stereocenters.